The number of aromatic amines is 1. The molecule has 0 aliphatic carbocycles. The summed E-state index contributed by atoms with van der Waals surface area (Å²) in [6.45, 7) is 5.15. The number of nitrogens with zero attached hydrogens (tertiary/aromatic N) is 2. The second-order valence-electron chi connectivity index (χ2n) is 4.19. The third kappa shape index (κ3) is 2.90. The van der Waals surface area contributed by atoms with E-state index in [9.17, 15) is 9.59 Å². The summed E-state index contributed by atoms with van der Waals surface area (Å²) in [5.41, 5.74) is 0.484. The van der Waals surface area contributed by atoms with E-state index in [1.54, 1.807) is 6.92 Å². The van der Waals surface area contributed by atoms with E-state index in [2.05, 4.69) is 15.0 Å². The number of carbonyl (C=O) groups is 1. The van der Waals surface area contributed by atoms with Gasteiger partial charge in [-0.2, -0.15) is 4.98 Å². The molecule has 2 aromatic heterocycles. The van der Waals surface area contributed by atoms with Gasteiger partial charge < -0.3 is 14.5 Å². The number of oxazole rings is 1. The Labute approximate surface area is 118 Å². The second-order valence-corrected chi connectivity index (χ2v) is 5.15. The van der Waals surface area contributed by atoms with Crippen molar-refractivity contribution in [2.45, 2.75) is 31.6 Å². The molecule has 2 rings (SSSR count). The molecule has 2 heterocycles. The first kappa shape index (κ1) is 14.3. The fraction of sp³-hybridized carbons (Fsp3) is 0.333. The third-order valence-electron chi connectivity index (χ3n) is 2.71. The van der Waals surface area contributed by atoms with Gasteiger partial charge in [-0.3, -0.25) is 0 Å². The molecule has 0 saturated heterocycles. The molecule has 0 spiro atoms. The van der Waals surface area contributed by atoms with Gasteiger partial charge in [-0.1, -0.05) is 11.8 Å². The Bertz CT molecular complexity index is 700. The van der Waals surface area contributed by atoms with E-state index >= 15 is 0 Å². The van der Waals surface area contributed by atoms with Crippen molar-refractivity contribution in [3.8, 4) is 0 Å². The van der Waals surface area contributed by atoms with Gasteiger partial charge >= 0.3 is 11.7 Å². The number of carboxylic acids is 1. The van der Waals surface area contributed by atoms with Gasteiger partial charge in [0.25, 0.3) is 0 Å². The van der Waals surface area contributed by atoms with Crippen molar-refractivity contribution in [2.24, 2.45) is 0 Å². The number of hydrogen-bond donors (Lipinski definition) is 2. The number of aryl methyl sites for hydroxylation is 3. The van der Waals surface area contributed by atoms with Crippen molar-refractivity contribution in [3.63, 3.8) is 0 Å². The van der Waals surface area contributed by atoms with Crippen LogP contribution in [-0.4, -0.2) is 26.0 Å². The smallest absolute Gasteiger partial charge is 0.346 e. The Morgan fingerprint density at radius 3 is 2.60 bits per heavy atom. The van der Waals surface area contributed by atoms with Gasteiger partial charge in [-0.05, 0) is 20.8 Å². The van der Waals surface area contributed by atoms with Gasteiger partial charge in [0, 0.05) is 5.69 Å². The number of H-pyrrole nitrogens is 1. The van der Waals surface area contributed by atoms with Crippen LogP contribution < -0.4 is 5.69 Å². The van der Waals surface area contributed by atoms with Gasteiger partial charge in [-0.15, -0.1) is 0 Å². The average molecular weight is 295 g/mol. The SMILES string of the molecule is Cc1nc(CSc2nc(=O)[nH]c(C)c2C(=O)O)oc1C. The summed E-state index contributed by atoms with van der Waals surface area (Å²) in [4.78, 5) is 32.8. The van der Waals surface area contributed by atoms with Crippen LogP contribution in [0.25, 0.3) is 0 Å². The van der Waals surface area contributed by atoms with Gasteiger partial charge in [0.1, 0.15) is 16.3 Å². The maximum Gasteiger partial charge on any atom is 0.346 e. The first-order chi connectivity index (χ1) is 9.38. The molecular weight excluding hydrogens is 282 g/mol. The van der Waals surface area contributed by atoms with Gasteiger partial charge in [-0.25, -0.2) is 14.6 Å². The van der Waals surface area contributed by atoms with Crippen molar-refractivity contribution in [2.75, 3.05) is 0 Å². The lowest BCUT2D eigenvalue weighted by molar-refractivity contribution is 0.0690. The normalized spacial score (nSPS) is 10.8. The molecule has 2 N–H and O–H groups in total. The molecule has 0 bridgehead atoms. The number of aromatic nitrogens is 3. The highest BCUT2D eigenvalue weighted by Crippen LogP contribution is 2.25. The van der Waals surface area contributed by atoms with Crippen LogP contribution in [0.4, 0.5) is 0 Å². The van der Waals surface area contributed by atoms with Crippen LogP contribution in [0.5, 0.6) is 0 Å². The topological polar surface area (TPSA) is 109 Å². The fourth-order valence-corrected chi connectivity index (χ4v) is 2.56. The molecule has 0 aliphatic rings. The molecule has 0 fully saturated rings. The number of aromatic carboxylic acids is 1. The van der Waals surface area contributed by atoms with Crippen LogP contribution in [0.15, 0.2) is 14.2 Å². The first-order valence-electron chi connectivity index (χ1n) is 5.78. The van der Waals surface area contributed by atoms with Crippen molar-refractivity contribution in [1.29, 1.82) is 0 Å². The summed E-state index contributed by atoms with van der Waals surface area (Å²) in [5.74, 6) is 0.369. The van der Waals surface area contributed by atoms with Crippen LogP contribution in [0.2, 0.25) is 0 Å². The molecule has 0 aliphatic heterocycles. The summed E-state index contributed by atoms with van der Waals surface area (Å²) in [6.07, 6.45) is 0. The standard InChI is InChI=1S/C12H13N3O4S/c1-5-7(3)19-8(13-5)4-20-10-9(11(16)17)6(2)14-12(18)15-10/h4H2,1-3H3,(H,16,17)(H,14,15,18). The Hall–Kier alpha value is -2.09. The van der Waals surface area contributed by atoms with E-state index < -0.39 is 11.7 Å². The summed E-state index contributed by atoms with van der Waals surface area (Å²) < 4.78 is 5.40. The summed E-state index contributed by atoms with van der Waals surface area (Å²) in [6, 6.07) is 0. The maximum atomic E-state index is 11.3. The van der Waals surface area contributed by atoms with E-state index in [0.29, 0.717) is 17.4 Å². The van der Waals surface area contributed by atoms with Crippen LogP contribution >= 0.6 is 11.8 Å². The van der Waals surface area contributed by atoms with E-state index in [1.165, 1.54) is 6.92 Å². The van der Waals surface area contributed by atoms with Crippen LogP contribution in [-0.2, 0) is 5.75 Å². The zero-order valence-electron chi connectivity index (χ0n) is 11.2. The lowest BCUT2D eigenvalue weighted by atomic mass is 10.2. The molecular formula is C12H13N3O4S. The minimum atomic E-state index is -1.13. The lowest BCUT2D eigenvalue weighted by Gasteiger charge is -2.05. The summed E-state index contributed by atoms with van der Waals surface area (Å²) >= 11 is 1.11. The van der Waals surface area contributed by atoms with Crippen molar-refractivity contribution in [1.82, 2.24) is 15.0 Å². The molecule has 0 unspecified atom stereocenters. The molecule has 7 nitrogen and oxygen atoms in total. The Morgan fingerprint density at radius 1 is 1.35 bits per heavy atom. The largest absolute Gasteiger partial charge is 0.478 e. The predicted molar refractivity (Wildman–Crippen MR) is 72.1 cm³/mol. The Morgan fingerprint density at radius 2 is 2.05 bits per heavy atom. The van der Waals surface area contributed by atoms with Gasteiger partial charge in [0.2, 0.25) is 5.89 Å². The molecule has 0 amide bonds. The highest BCUT2D eigenvalue weighted by Gasteiger charge is 2.18. The first-order valence-corrected chi connectivity index (χ1v) is 6.77. The van der Waals surface area contributed by atoms with Crippen molar-refractivity contribution in [3.05, 3.63) is 39.1 Å². The second kappa shape index (κ2) is 5.49. The molecule has 2 aromatic rings. The Kier molecular flexibility index (Phi) is 3.93. The number of nitrogens with one attached hydrogen (secondary N) is 1. The van der Waals surface area contributed by atoms with Crippen molar-refractivity contribution >= 4 is 17.7 Å². The van der Waals surface area contributed by atoms with E-state index in [1.807, 2.05) is 6.92 Å². The Balaban J connectivity index is 2.29. The highest BCUT2D eigenvalue weighted by molar-refractivity contribution is 7.98. The third-order valence-corrected chi connectivity index (χ3v) is 3.67. The van der Waals surface area contributed by atoms with Crippen molar-refractivity contribution < 1.29 is 14.3 Å². The van der Waals surface area contributed by atoms with Gasteiger partial charge in [0.05, 0.1) is 11.4 Å². The highest BCUT2D eigenvalue weighted by atomic mass is 32.2. The van der Waals surface area contributed by atoms with E-state index in [0.717, 1.165) is 17.5 Å². The van der Waals surface area contributed by atoms with Gasteiger partial charge in [0.15, 0.2) is 0 Å². The number of thioether (sulfide) groups is 1. The zero-order valence-corrected chi connectivity index (χ0v) is 12.0. The maximum absolute atomic E-state index is 11.3. The molecule has 0 aromatic carbocycles. The summed E-state index contributed by atoms with van der Waals surface area (Å²) in [5, 5.41) is 9.33. The molecule has 8 heteroatoms. The quantitative estimate of drug-likeness (QED) is 0.652. The number of hydrogen-bond acceptors (Lipinski definition) is 6. The number of rotatable bonds is 4. The molecule has 20 heavy (non-hydrogen) atoms. The van der Waals surface area contributed by atoms with Crippen LogP contribution in [0.1, 0.15) is 33.4 Å². The lowest BCUT2D eigenvalue weighted by Crippen LogP contribution is -2.18. The predicted octanol–water partition coefficient (Wildman–Crippen LogP) is 1.67. The molecule has 106 valence electrons. The number of carboxylic acid groups (broad SMARTS) is 1. The minimum Gasteiger partial charge on any atom is -0.478 e. The van der Waals surface area contributed by atoms with Crippen LogP contribution in [0, 0.1) is 20.8 Å². The minimum absolute atomic E-state index is 0.00500. The fourth-order valence-electron chi connectivity index (χ4n) is 1.65. The van der Waals surface area contributed by atoms with E-state index in [-0.39, 0.29) is 16.3 Å². The average Bonchev–Trinajstić information content (AvgIpc) is 2.64. The zero-order chi connectivity index (χ0) is 14.9. The van der Waals surface area contributed by atoms with E-state index in [4.69, 9.17) is 9.52 Å². The summed E-state index contributed by atoms with van der Waals surface area (Å²) in [7, 11) is 0. The monoisotopic (exact) mass is 295 g/mol. The molecule has 0 saturated carbocycles. The molecule has 0 radical (unpaired) electrons. The molecule has 0 atom stereocenters. The van der Waals surface area contributed by atoms with Crippen LogP contribution in [0.3, 0.4) is 0 Å².